The fourth-order valence-corrected chi connectivity index (χ4v) is 4.73. The Labute approximate surface area is 211 Å². The van der Waals surface area contributed by atoms with Gasteiger partial charge in [-0.3, -0.25) is 4.79 Å². The predicted octanol–water partition coefficient (Wildman–Crippen LogP) is 4.59. The number of fused-ring (bicyclic) bond motifs is 1. The lowest BCUT2D eigenvalue weighted by atomic mass is 9.96. The van der Waals surface area contributed by atoms with Gasteiger partial charge >= 0.3 is 6.03 Å². The number of halogens is 2. The molecule has 5 rings (SSSR count). The van der Waals surface area contributed by atoms with E-state index in [1.54, 1.807) is 23.1 Å². The number of carbonyl (C=O) groups excluding carboxylic acids is 1. The summed E-state index contributed by atoms with van der Waals surface area (Å²) in [5, 5.41) is 12.0. The van der Waals surface area contributed by atoms with E-state index in [1.165, 1.54) is 4.68 Å². The molecule has 0 aliphatic carbocycles. The Balaban J connectivity index is 1.31. The van der Waals surface area contributed by atoms with Crippen LogP contribution in [0.3, 0.4) is 0 Å². The second-order valence-electron chi connectivity index (χ2n) is 8.63. The maximum absolute atomic E-state index is 12.7. The molecule has 180 valence electrons. The Morgan fingerprint density at radius 1 is 1.11 bits per heavy atom. The van der Waals surface area contributed by atoms with Gasteiger partial charge in [-0.1, -0.05) is 52.2 Å². The lowest BCUT2D eigenvalue weighted by Crippen LogP contribution is -2.41. The number of anilines is 1. The Hall–Kier alpha value is -3.43. The number of hydrogen-bond acceptors (Lipinski definition) is 5. The average molecular weight is 512 g/mol. The van der Waals surface area contributed by atoms with Gasteiger partial charge in [0.1, 0.15) is 5.82 Å². The highest BCUT2D eigenvalue weighted by Crippen LogP contribution is 2.28. The highest BCUT2D eigenvalue weighted by molar-refractivity contribution is 6.36. The van der Waals surface area contributed by atoms with Crippen molar-refractivity contribution in [3.63, 3.8) is 0 Å². The Bertz CT molecular complexity index is 1420. The number of H-pyrrole nitrogens is 1. The Morgan fingerprint density at radius 2 is 1.80 bits per heavy atom. The minimum absolute atomic E-state index is 0.00257. The molecule has 0 saturated carbocycles. The summed E-state index contributed by atoms with van der Waals surface area (Å²) >= 11 is 12.6. The predicted molar refractivity (Wildman–Crippen MR) is 135 cm³/mol. The number of nitrogens with zero attached hydrogens (tertiary/aromatic N) is 5. The monoisotopic (exact) mass is 511 g/mol. The first-order chi connectivity index (χ1) is 16.9. The van der Waals surface area contributed by atoms with E-state index in [-0.39, 0.29) is 29.6 Å². The van der Waals surface area contributed by atoms with E-state index in [4.69, 9.17) is 28.2 Å². The van der Waals surface area contributed by atoms with Crippen LogP contribution >= 0.6 is 23.2 Å². The maximum atomic E-state index is 12.7. The number of piperidine rings is 1. The van der Waals surface area contributed by atoms with Gasteiger partial charge in [0.2, 0.25) is 0 Å². The molecule has 2 aromatic carbocycles. The molecule has 2 amide bonds. The van der Waals surface area contributed by atoms with Crippen molar-refractivity contribution in [3.8, 4) is 0 Å². The van der Waals surface area contributed by atoms with E-state index in [9.17, 15) is 9.59 Å². The smallest absolute Gasteiger partial charge is 0.321 e. The lowest BCUT2D eigenvalue weighted by molar-refractivity contribution is 0.193. The van der Waals surface area contributed by atoms with Gasteiger partial charge in [0.05, 0.1) is 6.54 Å². The fraction of sp³-hybridized carbons (Fsp3) is 0.292. The van der Waals surface area contributed by atoms with Crippen LogP contribution in [0.1, 0.15) is 35.7 Å². The van der Waals surface area contributed by atoms with E-state index in [2.05, 4.69) is 20.6 Å². The zero-order valence-electron chi connectivity index (χ0n) is 19.0. The number of amides is 2. The SMILES string of the molecule is Cc1ccc(NC(=O)N2CCC(c3nc4c(nnn4Cc4c(Cl)cccc4Cl)c(=O)[nH]3)CC2)cc1. The molecule has 1 saturated heterocycles. The molecule has 0 spiro atoms. The summed E-state index contributed by atoms with van der Waals surface area (Å²) in [6, 6.07) is 12.8. The van der Waals surface area contributed by atoms with Crippen molar-refractivity contribution < 1.29 is 4.79 Å². The maximum Gasteiger partial charge on any atom is 0.321 e. The number of urea groups is 1. The standard InChI is InChI=1S/C24H23Cl2N7O2/c1-14-5-7-16(8-6-14)27-24(35)32-11-9-15(10-12-32)21-28-22-20(23(34)29-21)30-31-33(22)13-17-18(25)3-2-4-19(17)26/h2-8,15H,9-13H2,1H3,(H,27,35)(H,28,29,34). The number of rotatable bonds is 4. The quantitative estimate of drug-likeness (QED) is 0.416. The highest BCUT2D eigenvalue weighted by atomic mass is 35.5. The molecular weight excluding hydrogens is 489 g/mol. The number of benzene rings is 2. The molecule has 9 nitrogen and oxygen atoms in total. The lowest BCUT2D eigenvalue weighted by Gasteiger charge is -2.31. The van der Waals surface area contributed by atoms with Crippen LogP contribution in [-0.2, 0) is 6.54 Å². The molecule has 0 radical (unpaired) electrons. The summed E-state index contributed by atoms with van der Waals surface area (Å²) in [4.78, 5) is 34.7. The molecule has 1 aliphatic rings. The van der Waals surface area contributed by atoms with Gasteiger partial charge in [-0.15, -0.1) is 5.10 Å². The minimum Gasteiger partial charge on any atom is -0.324 e. The van der Waals surface area contributed by atoms with Crippen LogP contribution in [0.25, 0.3) is 11.2 Å². The van der Waals surface area contributed by atoms with E-state index >= 15 is 0 Å². The summed E-state index contributed by atoms with van der Waals surface area (Å²) in [6.45, 7) is 3.34. The van der Waals surface area contributed by atoms with Gasteiger partial charge in [0.15, 0.2) is 11.2 Å². The van der Waals surface area contributed by atoms with Crippen molar-refractivity contribution in [1.82, 2.24) is 29.9 Å². The van der Waals surface area contributed by atoms with Crippen molar-refractivity contribution in [3.05, 3.63) is 79.8 Å². The summed E-state index contributed by atoms with van der Waals surface area (Å²) in [7, 11) is 0. The van der Waals surface area contributed by atoms with E-state index in [1.807, 2.05) is 31.2 Å². The summed E-state index contributed by atoms with van der Waals surface area (Å²) < 4.78 is 1.53. The molecule has 0 atom stereocenters. The Kier molecular flexibility index (Phi) is 6.44. The van der Waals surface area contributed by atoms with Gasteiger partial charge in [0.25, 0.3) is 5.56 Å². The largest absolute Gasteiger partial charge is 0.324 e. The molecule has 0 bridgehead atoms. The van der Waals surface area contributed by atoms with Crippen molar-refractivity contribution >= 4 is 46.1 Å². The summed E-state index contributed by atoms with van der Waals surface area (Å²) in [5.41, 5.74) is 2.76. The highest BCUT2D eigenvalue weighted by Gasteiger charge is 2.26. The second kappa shape index (κ2) is 9.67. The van der Waals surface area contributed by atoms with Crippen molar-refractivity contribution in [2.24, 2.45) is 0 Å². The van der Waals surface area contributed by atoms with Crippen LogP contribution in [0.2, 0.25) is 10.0 Å². The molecule has 3 heterocycles. The normalized spacial score (nSPS) is 14.4. The average Bonchev–Trinajstić information content (AvgIpc) is 3.26. The van der Waals surface area contributed by atoms with Gasteiger partial charge in [-0.25, -0.2) is 14.5 Å². The number of aromatic nitrogens is 5. The number of likely N-dealkylation sites (tertiary alicyclic amines) is 1. The number of carbonyl (C=O) groups is 1. The zero-order valence-corrected chi connectivity index (χ0v) is 20.5. The van der Waals surface area contributed by atoms with Crippen LogP contribution in [0.4, 0.5) is 10.5 Å². The van der Waals surface area contributed by atoms with E-state index < -0.39 is 0 Å². The van der Waals surface area contributed by atoms with Gasteiger partial charge < -0.3 is 15.2 Å². The van der Waals surface area contributed by atoms with E-state index in [0.29, 0.717) is 53.0 Å². The minimum atomic E-state index is -0.346. The Morgan fingerprint density at radius 3 is 2.49 bits per heavy atom. The number of hydrogen-bond donors (Lipinski definition) is 2. The third-order valence-corrected chi connectivity index (χ3v) is 6.94. The van der Waals surface area contributed by atoms with Crippen LogP contribution in [0.15, 0.2) is 47.3 Å². The fourth-order valence-electron chi connectivity index (χ4n) is 4.21. The first-order valence-corrected chi connectivity index (χ1v) is 12.0. The molecule has 2 aromatic heterocycles. The zero-order chi connectivity index (χ0) is 24.5. The van der Waals surface area contributed by atoms with Gasteiger partial charge in [-0.05, 0) is 44.0 Å². The topological polar surface area (TPSA) is 109 Å². The van der Waals surface area contributed by atoms with Crippen LogP contribution in [-0.4, -0.2) is 49.0 Å². The number of aryl methyl sites for hydroxylation is 1. The van der Waals surface area contributed by atoms with Crippen LogP contribution < -0.4 is 10.9 Å². The number of nitrogens with one attached hydrogen (secondary N) is 2. The van der Waals surface area contributed by atoms with Crippen molar-refractivity contribution in [2.75, 3.05) is 18.4 Å². The number of aromatic amines is 1. The second-order valence-corrected chi connectivity index (χ2v) is 9.44. The van der Waals surface area contributed by atoms with Gasteiger partial charge in [-0.2, -0.15) is 0 Å². The van der Waals surface area contributed by atoms with Crippen LogP contribution in [0.5, 0.6) is 0 Å². The summed E-state index contributed by atoms with van der Waals surface area (Å²) in [6.07, 6.45) is 1.35. The third kappa shape index (κ3) is 4.87. The first kappa shape index (κ1) is 23.3. The molecule has 1 aliphatic heterocycles. The van der Waals surface area contributed by atoms with Gasteiger partial charge in [0, 0.05) is 40.3 Å². The molecule has 2 N–H and O–H groups in total. The molecular formula is C24H23Cl2N7O2. The first-order valence-electron chi connectivity index (χ1n) is 11.3. The molecule has 1 fully saturated rings. The third-order valence-electron chi connectivity index (χ3n) is 6.23. The van der Waals surface area contributed by atoms with Crippen molar-refractivity contribution in [1.29, 1.82) is 0 Å². The molecule has 35 heavy (non-hydrogen) atoms. The molecule has 0 unspecified atom stereocenters. The molecule has 4 aromatic rings. The summed E-state index contributed by atoms with van der Waals surface area (Å²) in [5.74, 6) is 0.567. The van der Waals surface area contributed by atoms with Crippen molar-refractivity contribution in [2.45, 2.75) is 32.2 Å². The van der Waals surface area contributed by atoms with Crippen LogP contribution in [0, 0.1) is 6.92 Å². The van der Waals surface area contributed by atoms with E-state index in [0.717, 1.165) is 11.3 Å². The molecule has 11 heteroatoms.